The molecule has 1 amide bonds. The lowest BCUT2D eigenvalue weighted by Crippen LogP contribution is -2.48. The van der Waals surface area contributed by atoms with E-state index in [0.717, 1.165) is 26.1 Å². The minimum atomic E-state index is 0.204. The molecule has 0 unspecified atom stereocenters. The van der Waals surface area contributed by atoms with Gasteiger partial charge in [-0.25, -0.2) is 0 Å². The van der Waals surface area contributed by atoms with Crippen molar-refractivity contribution in [3.05, 3.63) is 30.1 Å². The van der Waals surface area contributed by atoms with Crippen molar-refractivity contribution in [1.82, 2.24) is 15.2 Å². The number of rotatable bonds is 3. The molecule has 0 spiro atoms. The summed E-state index contributed by atoms with van der Waals surface area (Å²) in [4.78, 5) is 17.3. The lowest BCUT2D eigenvalue weighted by molar-refractivity contribution is -0.131. The number of piperazine rings is 1. The highest BCUT2D eigenvalue weighted by Gasteiger charge is 2.16. The number of carbonyl (C=O) groups is 1. The van der Waals surface area contributed by atoms with Gasteiger partial charge in [-0.3, -0.25) is 9.78 Å². The zero-order valence-corrected chi connectivity index (χ0v) is 8.65. The molecule has 4 heteroatoms. The number of amides is 1. The number of nitrogens with zero attached hydrogens (tertiary/aromatic N) is 2. The molecule has 15 heavy (non-hydrogen) atoms. The third-order valence-electron chi connectivity index (χ3n) is 2.61. The van der Waals surface area contributed by atoms with Gasteiger partial charge in [0.2, 0.25) is 5.91 Å². The quantitative estimate of drug-likeness (QED) is 0.758. The standard InChI is InChI=1S/C11H15N3O/c15-11-9-13-6-8-14(11)7-3-10-1-4-12-5-2-10/h1-2,4-5,13H,3,6-9H2. The molecule has 2 heterocycles. The summed E-state index contributed by atoms with van der Waals surface area (Å²) in [5, 5.41) is 3.06. The molecule has 0 aromatic carbocycles. The van der Waals surface area contributed by atoms with Gasteiger partial charge < -0.3 is 10.2 Å². The maximum absolute atomic E-state index is 11.5. The van der Waals surface area contributed by atoms with Crippen LogP contribution in [0.3, 0.4) is 0 Å². The summed E-state index contributed by atoms with van der Waals surface area (Å²) < 4.78 is 0. The summed E-state index contributed by atoms with van der Waals surface area (Å²) in [5.74, 6) is 0.204. The topological polar surface area (TPSA) is 45.2 Å². The van der Waals surface area contributed by atoms with Crippen molar-refractivity contribution in [2.45, 2.75) is 6.42 Å². The Kier molecular flexibility index (Phi) is 3.29. The van der Waals surface area contributed by atoms with Crippen LogP contribution in [0, 0.1) is 0 Å². The second-order valence-electron chi connectivity index (χ2n) is 3.66. The maximum Gasteiger partial charge on any atom is 0.236 e. The SMILES string of the molecule is O=C1CNCCN1CCc1ccncc1. The Labute approximate surface area is 89.3 Å². The van der Waals surface area contributed by atoms with Crippen molar-refractivity contribution in [3.8, 4) is 0 Å². The van der Waals surface area contributed by atoms with Crippen LogP contribution in [0.2, 0.25) is 0 Å². The fourth-order valence-corrected chi connectivity index (χ4v) is 1.70. The molecule has 0 aliphatic carbocycles. The Balaban J connectivity index is 1.85. The van der Waals surface area contributed by atoms with E-state index in [1.165, 1.54) is 5.56 Å². The normalized spacial score (nSPS) is 16.8. The van der Waals surface area contributed by atoms with E-state index in [2.05, 4.69) is 10.3 Å². The van der Waals surface area contributed by atoms with Crippen LogP contribution in [-0.2, 0) is 11.2 Å². The van der Waals surface area contributed by atoms with Crippen molar-refractivity contribution in [2.24, 2.45) is 0 Å². The molecule has 1 saturated heterocycles. The molecule has 1 aromatic heterocycles. The molecule has 2 rings (SSSR count). The summed E-state index contributed by atoms with van der Waals surface area (Å²) >= 11 is 0. The summed E-state index contributed by atoms with van der Waals surface area (Å²) in [5.41, 5.74) is 1.23. The van der Waals surface area contributed by atoms with Gasteiger partial charge >= 0.3 is 0 Å². The lowest BCUT2D eigenvalue weighted by Gasteiger charge is -2.27. The smallest absolute Gasteiger partial charge is 0.236 e. The van der Waals surface area contributed by atoms with Crippen LogP contribution in [0.1, 0.15) is 5.56 Å². The van der Waals surface area contributed by atoms with E-state index in [9.17, 15) is 4.79 Å². The van der Waals surface area contributed by atoms with Crippen molar-refractivity contribution in [1.29, 1.82) is 0 Å². The van der Waals surface area contributed by atoms with E-state index in [0.29, 0.717) is 6.54 Å². The number of nitrogens with one attached hydrogen (secondary N) is 1. The summed E-state index contributed by atoms with van der Waals surface area (Å²) in [6.45, 7) is 3.02. The molecule has 0 radical (unpaired) electrons. The highest BCUT2D eigenvalue weighted by molar-refractivity contribution is 5.78. The first-order valence-electron chi connectivity index (χ1n) is 5.23. The minimum absolute atomic E-state index is 0.204. The van der Waals surface area contributed by atoms with Gasteiger partial charge in [0.25, 0.3) is 0 Å². The van der Waals surface area contributed by atoms with E-state index in [4.69, 9.17) is 0 Å². The fraction of sp³-hybridized carbons (Fsp3) is 0.455. The van der Waals surface area contributed by atoms with Gasteiger partial charge in [0.05, 0.1) is 6.54 Å². The molecule has 0 bridgehead atoms. The third-order valence-corrected chi connectivity index (χ3v) is 2.61. The van der Waals surface area contributed by atoms with Gasteiger partial charge in [-0.15, -0.1) is 0 Å². The first-order chi connectivity index (χ1) is 7.36. The average molecular weight is 205 g/mol. The van der Waals surface area contributed by atoms with Gasteiger partial charge in [-0.2, -0.15) is 0 Å². The van der Waals surface area contributed by atoms with Gasteiger partial charge in [0, 0.05) is 32.0 Å². The van der Waals surface area contributed by atoms with Crippen molar-refractivity contribution in [2.75, 3.05) is 26.2 Å². The first kappa shape index (κ1) is 10.1. The van der Waals surface area contributed by atoms with E-state index in [1.54, 1.807) is 12.4 Å². The van der Waals surface area contributed by atoms with Crippen LogP contribution < -0.4 is 5.32 Å². The lowest BCUT2D eigenvalue weighted by atomic mass is 10.2. The van der Waals surface area contributed by atoms with Crippen LogP contribution in [0.4, 0.5) is 0 Å². The van der Waals surface area contributed by atoms with E-state index < -0.39 is 0 Å². The van der Waals surface area contributed by atoms with E-state index >= 15 is 0 Å². The van der Waals surface area contributed by atoms with Gasteiger partial charge in [0.1, 0.15) is 0 Å². The number of hydrogen-bond donors (Lipinski definition) is 1. The Morgan fingerprint density at radius 1 is 1.40 bits per heavy atom. The zero-order chi connectivity index (χ0) is 10.5. The van der Waals surface area contributed by atoms with Crippen LogP contribution >= 0.6 is 0 Å². The van der Waals surface area contributed by atoms with Crippen molar-refractivity contribution in [3.63, 3.8) is 0 Å². The van der Waals surface area contributed by atoms with Crippen LogP contribution in [0.15, 0.2) is 24.5 Å². The summed E-state index contributed by atoms with van der Waals surface area (Å²) in [6, 6.07) is 3.99. The molecule has 80 valence electrons. The van der Waals surface area contributed by atoms with Gasteiger partial charge in [-0.1, -0.05) is 0 Å². The second kappa shape index (κ2) is 4.89. The Bertz CT molecular complexity index is 326. The summed E-state index contributed by atoms with van der Waals surface area (Å²) in [6.07, 6.45) is 4.48. The molecule has 1 aliphatic rings. The Morgan fingerprint density at radius 3 is 2.93 bits per heavy atom. The fourth-order valence-electron chi connectivity index (χ4n) is 1.70. The predicted octanol–water partition coefficient (Wildman–Crippen LogP) is 0.0559. The molecule has 1 N–H and O–H groups in total. The van der Waals surface area contributed by atoms with Crippen LogP contribution in [0.5, 0.6) is 0 Å². The number of aromatic nitrogens is 1. The molecular formula is C11H15N3O. The van der Waals surface area contributed by atoms with Crippen LogP contribution in [-0.4, -0.2) is 42.0 Å². The van der Waals surface area contributed by atoms with Gasteiger partial charge in [-0.05, 0) is 24.1 Å². The molecule has 0 atom stereocenters. The minimum Gasteiger partial charge on any atom is -0.340 e. The molecule has 1 aromatic rings. The maximum atomic E-state index is 11.5. The molecule has 1 aliphatic heterocycles. The first-order valence-corrected chi connectivity index (χ1v) is 5.23. The van der Waals surface area contributed by atoms with Gasteiger partial charge in [0.15, 0.2) is 0 Å². The highest BCUT2D eigenvalue weighted by Crippen LogP contribution is 2.01. The zero-order valence-electron chi connectivity index (χ0n) is 8.65. The summed E-state index contributed by atoms with van der Waals surface area (Å²) in [7, 11) is 0. The number of hydrogen-bond acceptors (Lipinski definition) is 3. The van der Waals surface area contributed by atoms with E-state index in [-0.39, 0.29) is 5.91 Å². The van der Waals surface area contributed by atoms with Crippen molar-refractivity contribution >= 4 is 5.91 Å². The second-order valence-corrected chi connectivity index (χ2v) is 3.66. The monoisotopic (exact) mass is 205 g/mol. The largest absolute Gasteiger partial charge is 0.340 e. The Morgan fingerprint density at radius 2 is 2.20 bits per heavy atom. The predicted molar refractivity (Wildman–Crippen MR) is 57.4 cm³/mol. The Hall–Kier alpha value is -1.42. The number of carbonyl (C=O) groups excluding carboxylic acids is 1. The average Bonchev–Trinajstić information content (AvgIpc) is 2.29. The van der Waals surface area contributed by atoms with E-state index in [1.807, 2.05) is 17.0 Å². The van der Waals surface area contributed by atoms with Crippen molar-refractivity contribution < 1.29 is 4.79 Å². The molecule has 4 nitrogen and oxygen atoms in total. The highest BCUT2D eigenvalue weighted by atomic mass is 16.2. The number of pyridine rings is 1. The third kappa shape index (κ3) is 2.76. The molecular weight excluding hydrogens is 190 g/mol. The van der Waals surface area contributed by atoms with Crippen LogP contribution in [0.25, 0.3) is 0 Å². The molecule has 0 saturated carbocycles. The molecule has 1 fully saturated rings.